The molecule has 1 unspecified atom stereocenters. The van der Waals surface area contributed by atoms with Crippen molar-refractivity contribution in [2.24, 2.45) is 0 Å². The van der Waals surface area contributed by atoms with Crippen molar-refractivity contribution in [3.05, 3.63) is 58.6 Å². The van der Waals surface area contributed by atoms with E-state index in [-0.39, 0.29) is 5.75 Å². The highest BCUT2D eigenvalue weighted by Gasteiger charge is 2.10. The minimum absolute atomic E-state index is 0.141. The van der Waals surface area contributed by atoms with Gasteiger partial charge in [-0.2, -0.15) is 0 Å². The average Bonchev–Trinajstić information content (AvgIpc) is 2.51. The third-order valence-corrected chi connectivity index (χ3v) is 3.69. The molecule has 0 amide bonds. The molecule has 0 fully saturated rings. The minimum atomic E-state index is 0.141. The highest BCUT2D eigenvalue weighted by Crippen LogP contribution is 2.33. The number of methoxy groups -OCH3 is 1. The zero-order chi connectivity index (χ0) is 15.2. The second-order valence-electron chi connectivity index (χ2n) is 5.06. The van der Waals surface area contributed by atoms with Crippen molar-refractivity contribution in [2.45, 2.75) is 19.4 Å². The van der Waals surface area contributed by atoms with Gasteiger partial charge >= 0.3 is 0 Å². The highest BCUT2D eigenvalue weighted by molar-refractivity contribution is 6.30. The van der Waals surface area contributed by atoms with Crippen molar-refractivity contribution >= 4 is 11.6 Å². The number of halogens is 1. The van der Waals surface area contributed by atoms with Gasteiger partial charge in [0.2, 0.25) is 0 Å². The molecule has 0 bridgehead atoms. The Morgan fingerprint density at radius 3 is 2.62 bits per heavy atom. The summed E-state index contributed by atoms with van der Waals surface area (Å²) in [6.45, 7) is 3.53. The summed E-state index contributed by atoms with van der Waals surface area (Å²) in [4.78, 5) is 0. The topological polar surface area (TPSA) is 41.5 Å². The van der Waals surface area contributed by atoms with Gasteiger partial charge in [-0.3, -0.25) is 0 Å². The summed E-state index contributed by atoms with van der Waals surface area (Å²) in [7, 11) is 1.51. The fourth-order valence-electron chi connectivity index (χ4n) is 2.24. The largest absolute Gasteiger partial charge is 0.504 e. The zero-order valence-electron chi connectivity index (χ0n) is 12.3. The molecule has 4 heteroatoms. The first-order chi connectivity index (χ1) is 10.1. The Labute approximate surface area is 130 Å². The van der Waals surface area contributed by atoms with Crippen LogP contribution >= 0.6 is 11.6 Å². The number of hydrogen-bond donors (Lipinski definition) is 2. The molecule has 21 heavy (non-hydrogen) atoms. The van der Waals surface area contributed by atoms with Gasteiger partial charge in [0, 0.05) is 29.7 Å². The predicted molar refractivity (Wildman–Crippen MR) is 86.2 cm³/mol. The molecule has 2 rings (SSSR count). The van der Waals surface area contributed by atoms with Gasteiger partial charge in [-0.25, -0.2) is 0 Å². The summed E-state index contributed by atoms with van der Waals surface area (Å²) in [6, 6.07) is 13.7. The van der Waals surface area contributed by atoms with Gasteiger partial charge in [-0.15, -0.1) is 0 Å². The molecule has 2 N–H and O–H groups in total. The number of hydrogen-bond acceptors (Lipinski definition) is 3. The first kappa shape index (κ1) is 15.7. The van der Waals surface area contributed by atoms with Crippen molar-refractivity contribution in [3.8, 4) is 11.5 Å². The first-order valence-electron chi connectivity index (χ1n) is 6.93. The van der Waals surface area contributed by atoms with E-state index in [0.29, 0.717) is 23.2 Å². The summed E-state index contributed by atoms with van der Waals surface area (Å²) in [5, 5.41) is 14.0. The number of aromatic hydroxyl groups is 1. The van der Waals surface area contributed by atoms with E-state index >= 15 is 0 Å². The number of nitrogens with one attached hydrogen (secondary N) is 1. The van der Waals surface area contributed by atoms with Crippen molar-refractivity contribution < 1.29 is 9.84 Å². The second-order valence-corrected chi connectivity index (χ2v) is 5.49. The molecule has 2 aromatic carbocycles. The first-order valence-corrected chi connectivity index (χ1v) is 7.30. The van der Waals surface area contributed by atoms with E-state index in [1.165, 1.54) is 12.7 Å². The number of ether oxygens (including phenoxy) is 1. The van der Waals surface area contributed by atoms with Gasteiger partial charge in [-0.05, 0) is 17.5 Å². The lowest BCUT2D eigenvalue weighted by molar-refractivity contribution is 0.369. The van der Waals surface area contributed by atoms with Gasteiger partial charge < -0.3 is 15.2 Å². The lowest BCUT2D eigenvalue weighted by Gasteiger charge is -2.14. The second kappa shape index (κ2) is 7.34. The van der Waals surface area contributed by atoms with Crippen LogP contribution < -0.4 is 10.1 Å². The summed E-state index contributed by atoms with van der Waals surface area (Å²) < 4.78 is 5.10. The average molecular weight is 306 g/mol. The molecule has 0 saturated heterocycles. The Morgan fingerprint density at radius 2 is 1.95 bits per heavy atom. The molecule has 2 aromatic rings. The van der Waals surface area contributed by atoms with Crippen molar-refractivity contribution in [1.82, 2.24) is 5.32 Å². The molecule has 3 nitrogen and oxygen atoms in total. The van der Waals surface area contributed by atoms with E-state index in [1.54, 1.807) is 12.1 Å². The van der Waals surface area contributed by atoms with E-state index in [4.69, 9.17) is 16.3 Å². The monoisotopic (exact) mass is 305 g/mol. The molecule has 0 aliphatic rings. The van der Waals surface area contributed by atoms with Gasteiger partial charge in [0.25, 0.3) is 0 Å². The Bertz CT molecular complexity index is 587. The molecule has 0 aliphatic carbocycles. The summed E-state index contributed by atoms with van der Waals surface area (Å²) >= 11 is 6.02. The molecule has 1 atom stereocenters. The number of phenols is 1. The molecular formula is C17H20ClNO2. The highest BCUT2D eigenvalue weighted by atomic mass is 35.5. The van der Waals surface area contributed by atoms with Gasteiger partial charge in [0.1, 0.15) is 0 Å². The third-order valence-electron chi connectivity index (χ3n) is 3.47. The van der Waals surface area contributed by atoms with Gasteiger partial charge in [0.05, 0.1) is 7.11 Å². The van der Waals surface area contributed by atoms with Crippen molar-refractivity contribution in [3.63, 3.8) is 0 Å². The number of rotatable bonds is 6. The van der Waals surface area contributed by atoms with Crippen LogP contribution in [0.4, 0.5) is 0 Å². The third kappa shape index (κ3) is 4.13. The fourth-order valence-corrected chi connectivity index (χ4v) is 2.47. The van der Waals surface area contributed by atoms with Crippen LogP contribution in [-0.2, 0) is 6.54 Å². The lowest BCUT2D eigenvalue weighted by atomic mass is 10.0. The van der Waals surface area contributed by atoms with Crippen LogP contribution in [0, 0.1) is 0 Å². The van der Waals surface area contributed by atoms with Crippen LogP contribution in [0.15, 0.2) is 42.5 Å². The molecule has 0 aromatic heterocycles. The molecule has 0 aliphatic heterocycles. The molecule has 0 spiro atoms. The SMILES string of the molecule is COc1cc(Cl)cc(CNCC(C)c2ccccc2)c1O. The van der Waals surface area contributed by atoms with Crippen molar-refractivity contribution in [2.75, 3.05) is 13.7 Å². The van der Waals surface area contributed by atoms with E-state index < -0.39 is 0 Å². The molecule has 0 saturated carbocycles. The van der Waals surface area contributed by atoms with Crippen molar-refractivity contribution in [1.29, 1.82) is 0 Å². The normalized spacial score (nSPS) is 12.1. The lowest BCUT2D eigenvalue weighted by Crippen LogP contribution is -2.19. The molecular weight excluding hydrogens is 286 g/mol. The Kier molecular flexibility index (Phi) is 5.48. The Balaban J connectivity index is 1.96. The minimum Gasteiger partial charge on any atom is -0.504 e. The van der Waals surface area contributed by atoms with Crippen LogP contribution in [0.25, 0.3) is 0 Å². The zero-order valence-corrected chi connectivity index (χ0v) is 13.0. The van der Waals surface area contributed by atoms with Crippen LogP contribution in [-0.4, -0.2) is 18.8 Å². The molecule has 112 valence electrons. The smallest absolute Gasteiger partial charge is 0.162 e. The maximum atomic E-state index is 10.1. The summed E-state index contributed by atoms with van der Waals surface area (Å²) in [6.07, 6.45) is 0. The number of benzene rings is 2. The van der Waals surface area contributed by atoms with Crippen LogP contribution in [0.1, 0.15) is 24.0 Å². The van der Waals surface area contributed by atoms with E-state index in [0.717, 1.165) is 12.1 Å². The molecule has 0 radical (unpaired) electrons. The predicted octanol–water partition coefficient (Wildman–Crippen LogP) is 3.95. The Hall–Kier alpha value is -1.71. The molecule has 0 heterocycles. The van der Waals surface area contributed by atoms with Gasteiger partial charge in [0.15, 0.2) is 11.5 Å². The quantitative estimate of drug-likeness (QED) is 0.849. The Morgan fingerprint density at radius 1 is 1.24 bits per heavy atom. The number of phenolic OH excluding ortho intramolecular Hbond substituents is 1. The summed E-state index contributed by atoms with van der Waals surface area (Å²) in [5.41, 5.74) is 2.03. The van der Waals surface area contributed by atoms with Crippen LogP contribution in [0.5, 0.6) is 11.5 Å². The van der Waals surface area contributed by atoms with E-state index in [2.05, 4.69) is 24.4 Å². The maximum Gasteiger partial charge on any atom is 0.162 e. The van der Waals surface area contributed by atoms with Gasteiger partial charge in [-0.1, -0.05) is 48.9 Å². The maximum absolute atomic E-state index is 10.1. The van der Waals surface area contributed by atoms with E-state index in [1.807, 2.05) is 18.2 Å². The standard InChI is InChI=1S/C17H20ClNO2/c1-12(13-6-4-3-5-7-13)10-19-11-14-8-15(18)9-16(21-2)17(14)20/h3-9,12,19-20H,10-11H2,1-2H3. The van der Waals surface area contributed by atoms with Crippen LogP contribution in [0.2, 0.25) is 5.02 Å². The van der Waals surface area contributed by atoms with E-state index in [9.17, 15) is 5.11 Å². The van der Waals surface area contributed by atoms with Crippen LogP contribution in [0.3, 0.4) is 0 Å². The fraction of sp³-hybridized carbons (Fsp3) is 0.294. The summed E-state index contributed by atoms with van der Waals surface area (Å²) in [5.74, 6) is 0.937.